The van der Waals surface area contributed by atoms with Gasteiger partial charge in [0.25, 0.3) is 11.5 Å². The van der Waals surface area contributed by atoms with E-state index in [4.69, 9.17) is 27.9 Å². The lowest BCUT2D eigenvalue weighted by Crippen LogP contribution is -2.49. The number of hydrogen-bond donors (Lipinski definition) is 0. The highest BCUT2D eigenvalue weighted by molar-refractivity contribution is 6.30. The molecule has 1 saturated heterocycles. The second kappa shape index (κ2) is 11.1. The van der Waals surface area contributed by atoms with Gasteiger partial charge in [-0.05, 0) is 61.7 Å². The molecule has 0 aliphatic carbocycles. The number of amides is 1. The highest BCUT2D eigenvalue weighted by Crippen LogP contribution is 2.19. The van der Waals surface area contributed by atoms with Crippen molar-refractivity contribution in [2.45, 2.75) is 26.3 Å². The van der Waals surface area contributed by atoms with E-state index in [-0.39, 0.29) is 25.7 Å². The van der Waals surface area contributed by atoms with Gasteiger partial charge in [0.05, 0.1) is 24.8 Å². The van der Waals surface area contributed by atoms with E-state index in [0.29, 0.717) is 40.7 Å². The van der Waals surface area contributed by atoms with Crippen LogP contribution in [0.5, 0.6) is 0 Å². The van der Waals surface area contributed by atoms with E-state index in [1.165, 1.54) is 4.90 Å². The van der Waals surface area contributed by atoms with Gasteiger partial charge in [0.15, 0.2) is 0 Å². The number of carbonyl (C=O) groups excluding carboxylic acids is 2. The molecule has 9 nitrogen and oxygen atoms in total. The van der Waals surface area contributed by atoms with Crippen molar-refractivity contribution >= 4 is 35.1 Å². The van der Waals surface area contributed by atoms with E-state index in [1.807, 2.05) is 0 Å². The Bertz CT molecular complexity index is 1400. The number of piperidine rings is 1. The quantitative estimate of drug-likeness (QED) is 0.453. The number of rotatable bonds is 6. The molecule has 0 radical (unpaired) electrons. The summed E-state index contributed by atoms with van der Waals surface area (Å²) >= 11 is 12.1. The standard InChI is InChI=1S/C25H24Cl2N4O5/c1-2-36-24(34)17-6-4-12-29(15-17)22(32)21-23(33)30(14-16-5-3-7-19(27)13-16)25(35)31(28-21)20-10-8-18(26)9-11-20/h3,5,7-11,13,17H,2,4,6,12,14-15H2,1H3. The number of aromatic nitrogens is 3. The van der Waals surface area contributed by atoms with Crippen molar-refractivity contribution in [1.82, 2.24) is 19.2 Å². The van der Waals surface area contributed by atoms with E-state index < -0.39 is 28.8 Å². The molecule has 1 aliphatic rings. The number of halogens is 2. The predicted molar refractivity (Wildman–Crippen MR) is 135 cm³/mol. The van der Waals surface area contributed by atoms with Crippen LogP contribution in [0.4, 0.5) is 0 Å². The second-order valence-electron chi connectivity index (χ2n) is 8.38. The Morgan fingerprint density at radius 3 is 2.53 bits per heavy atom. The fourth-order valence-corrected chi connectivity index (χ4v) is 4.46. The molecular formula is C25H24Cl2N4O5. The van der Waals surface area contributed by atoms with Crippen LogP contribution in [0.2, 0.25) is 10.0 Å². The Balaban J connectivity index is 1.78. The van der Waals surface area contributed by atoms with Crippen molar-refractivity contribution in [3.05, 3.63) is 90.7 Å². The van der Waals surface area contributed by atoms with Gasteiger partial charge in [0.2, 0.25) is 5.69 Å². The van der Waals surface area contributed by atoms with Crippen LogP contribution < -0.4 is 11.2 Å². The maximum absolute atomic E-state index is 13.5. The van der Waals surface area contributed by atoms with E-state index in [2.05, 4.69) is 5.10 Å². The molecule has 1 aliphatic heterocycles. The summed E-state index contributed by atoms with van der Waals surface area (Å²) in [6.45, 7) is 2.30. The molecule has 1 unspecified atom stereocenters. The van der Waals surface area contributed by atoms with Crippen molar-refractivity contribution < 1.29 is 14.3 Å². The average molecular weight is 531 g/mol. The maximum Gasteiger partial charge on any atom is 0.352 e. The molecule has 0 bridgehead atoms. The van der Waals surface area contributed by atoms with Crippen molar-refractivity contribution in [3.8, 4) is 5.69 Å². The van der Waals surface area contributed by atoms with Crippen molar-refractivity contribution in [2.75, 3.05) is 19.7 Å². The van der Waals surface area contributed by atoms with Gasteiger partial charge in [-0.15, -0.1) is 0 Å². The minimum Gasteiger partial charge on any atom is -0.466 e. The third-order valence-electron chi connectivity index (χ3n) is 5.89. The Morgan fingerprint density at radius 2 is 1.83 bits per heavy atom. The minimum absolute atomic E-state index is 0.104. The van der Waals surface area contributed by atoms with Gasteiger partial charge in [-0.2, -0.15) is 9.78 Å². The summed E-state index contributed by atoms with van der Waals surface area (Å²) in [5.41, 5.74) is -1.03. The van der Waals surface area contributed by atoms with Gasteiger partial charge in [-0.25, -0.2) is 4.79 Å². The molecule has 0 N–H and O–H groups in total. The largest absolute Gasteiger partial charge is 0.466 e. The molecule has 11 heteroatoms. The molecule has 1 amide bonds. The SMILES string of the molecule is CCOC(=O)C1CCCN(C(=O)c2nn(-c3ccc(Cl)cc3)c(=O)n(Cc3cccc(Cl)c3)c2=O)C1. The van der Waals surface area contributed by atoms with Crippen LogP contribution in [0, 0.1) is 5.92 Å². The molecular weight excluding hydrogens is 507 g/mol. The second-order valence-corrected chi connectivity index (χ2v) is 9.26. The molecule has 0 saturated carbocycles. The zero-order chi connectivity index (χ0) is 25.8. The number of ether oxygens (including phenoxy) is 1. The Labute approximate surface area is 216 Å². The molecule has 1 aromatic heterocycles. The van der Waals surface area contributed by atoms with Gasteiger partial charge in [0, 0.05) is 23.1 Å². The molecule has 4 rings (SSSR count). The van der Waals surface area contributed by atoms with Crippen LogP contribution >= 0.6 is 23.2 Å². The lowest BCUT2D eigenvalue weighted by Gasteiger charge is -2.31. The van der Waals surface area contributed by atoms with Crippen molar-refractivity contribution in [3.63, 3.8) is 0 Å². The summed E-state index contributed by atoms with van der Waals surface area (Å²) in [6, 6.07) is 13.0. The third-order valence-corrected chi connectivity index (χ3v) is 6.38. The molecule has 2 heterocycles. The molecule has 1 atom stereocenters. The van der Waals surface area contributed by atoms with Crippen LogP contribution in [0.15, 0.2) is 58.1 Å². The Kier molecular flexibility index (Phi) is 7.91. The monoisotopic (exact) mass is 530 g/mol. The minimum atomic E-state index is -0.826. The van der Waals surface area contributed by atoms with Crippen LogP contribution in [0.1, 0.15) is 35.8 Å². The molecule has 188 valence electrons. The average Bonchev–Trinajstić information content (AvgIpc) is 2.87. The molecule has 0 spiro atoms. The highest BCUT2D eigenvalue weighted by Gasteiger charge is 2.32. The van der Waals surface area contributed by atoms with Crippen molar-refractivity contribution in [1.29, 1.82) is 0 Å². The lowest BCUT2D eigenvalue weighted by molar-refractivity contribution is -0.149. The molecule has 1 fully saturated rings. The normalized spacial score (nSPS) is 15.5. The Hall–Kier alpha value is -3.43. The first-order chi connectivity index (χ1) is 17.3. The molecule has 36 heavy (non-hydrogen) atoms. The van der Waals surface area contributed by atoms with E-state index in [9.17, 15) is 19.2 Å². The smallest absolute Gasteiger partial charge is 0.352 e. The fraction of sp³-hybridized carbons (Fsp3) is 0.320. The van der Waals surface area contributed by atoms with E-state index in [0.717, 1.165) is 9.25 Å². The summed E-state index contributed by atoms with van der Waals surface area (Å²) in [5.74, 6) is -1.53. The number of esters is 1. The van der Waals surface area contributed by atoms with Crippen LogP contribution in [-0.4, -0.2) is 50.8 Å². The van der Waals surface area contributed by atoms with Crippen LogP contribution in [0.3, 0.4) is 0 Å². The highest BCUT2D eigenvalue weighted by atomic mass is 35.5. The zero-order valence-electron chi connectivity index (χ0n) is 19.5. The number of carbonyl (C=O) groups is 2. The fourth-order valence-electron chi connectivity index (χ4n) is 4.12. The number of nitrogens with zero attached hydrogens (tertiary/aromatic N) is 4. The van der Waals surface area contributed by atoms with E-state index in [1.54, 1.807) is 55.5 Å². The van der Waals surface area contributed by atoms with Gasteiger partial charge < -0.3 is 9.64 Å². The maximum atomic E-state index is 13.5. The summed E-state index contributed by atoms with van der Waals surface area (Å²) in [7, 11) is 0. The van der Waals surface area contributed by atoms with Gasteiger partial charge in [0.1, 0.15) is 0 Å². The van der Waals surface area contributed by atoms with Gasteiger partial charge in [-0.1, -0.05) is 35.3 Å². The first kappa shape index (κ1) is 25.7. The summed E-state index contributed by atoms with van der Waals surface area (Å²) in [5, 5.41) is 5.07. The topological polar surface area (TPSA) is 104 Å². The van der Waals surface area contributed by atoms with Gasteiger partial charge in [-0.3, -0.25) is 19.0 Å². The molecule has 2 aromatic carbocycles. The van der Waals surface area contributed by atoms with Gasteiger partial charge >= 0.3 is 11.7 Å². The lowest BCUT2D eigenvalue weighted by atomic mass is 9.98. The summed E-state index contributed by atoms with van der Waals surface area (Å²) in [6.07, 6.45) is 1.15. The third kappa shape index (κ3) is 5.52. The van der Waals surface area contributed by atoms with Crippen LogP contribution in [0.25, 0.3) is 5.69 Å². The number of hydrogen-bond acceptors (Lipinski definition) is 6. The first-order valence-corrected chi connectivity index (χ1v) is 12.2. The summed E-state index contributed by atoms with van der Waals surface area (Å²) in [4.78, 5) is 53.9. The number of likely N-dealkylation sites (tertiary alicyclic amines) is 1. The zero-order valence-corrected chi connectivity index (χ0v) is 21.0. The number of benzene rings is 2. The van der Waals surface area contributed by atoms with E-state index >= 15 is 0 Å². The van der Waals surface area contributed by atoms with Crippen molar-refractivity contribution in [2.24, 2.45) is 5.92 Å². The molecule has 3 aromatic rings. The summed E-state index contributed by atoms with van der Waals surface area (Å²) < 4.78 is 7.06. The predicted octanol–water partition coefficient (Wildman–Crippen LogP) is 3.16. The first-order valence-electron chi connectivity index (χ1n) is 11.5. The van der Waals surface area contributed by atoms with Crippen LogP contribution in [-0.2, 0) is 16.1 Å². The Morgan fingerprint density at radius 1 is 1.08 bits per heavy atom.